The first kappa shape index (κ1) is 14.4. The Morgan fingerprint density at radius 2 is 1.92 bits per heavy atom. The largest absolute Gasteiger partial charge is 0.452 e. The van der Waals surface area contributed by atoms with Gasteiger partial charge in [0.2, 0.25) is 0 Å². The minimum atomic E-state index is -0.419. The van der Waals surface area contributed by atoms with Gasteiger partial charge in [0.1, 0.15) is 11.3 Å². The second-order valence-corrected chi connectivity index (χ2v) is 5.45. The first-order valence-electron chi connectivity index (χ1n) is 7.47. The second-order valence-electron chi connectivity index (χ2n) is 5.45. The van der Waals surface area contributed by atoms with E-state index in [0.29, 0.717) is 11.5 Å². The first-order valence-corrected chi connectivity index (χ1v) is 7.47. The molecule has 0 bridgehead atoms. The predicted molar refractivity (Wildman–Crippen MR) is 86.6 cm³/mol. The fourth-order valence-corrected chi connectivity index (χ4v) is 2.81. The molecule has 3 aromatic heterocycles. The third-order valence-corrected chi connectivity index (χ3v) is 3.88. The Morgan fingerprint density at radius 3 is 2.67 bits per heavy atom. The molecule has 0 radical (unpaired) electrons. The molecule has 0 aliphatic heterocycles. The molecule has 0 fully saturated rings. The van der Waals surface area contributed by atoms with Crippen LogP contribution in [0.5, 0.6) is 11.5 Å². The van der Waals surface area contributed by atoms with E-state index in [2.05, 4.69) is 10.3 Å². The molecule has 0 atom stereocenters. The number of benzene rings is 1. The van der Waals surface area contributed by atoms with Crippen molar-refractivity contribution < 1.29 is 13.7 Å². The van der Waals surface area contributed by atoms with Crippen LogP contribution in [-0.4, -0.2) is 14.8 Å². The molecule has 0 saturated carbocycles. The van der Waals surface area contributed by atoms with Gasteiger partial charge < -0.3 is 9.26 Å². The molecule has 6 heteroatoms. The standard InChI is InChI=1S/C18H14FN3O2/c1-11-17(12(2)24-21-11)13-8-10-22-18(13)16(7-9-20-22)23-15-6-4-3-5-14(15)19/h3-10H,1-2H3. The van der Waals surface area contributed by atoms with E-state index in [1.54, 1.807) is 35.0 Å². The Hall–Kier alpha value is -3.15. The van der Waals surface area contributed by atoms with Crippen LogP contribution in [0.2, 0.25) is 0 Å². The van der Waals surface area contributed by atoms with E-state index in [0.717, 1.165) is 22.3 Å². The highest BCUT2D eigenvalue weighted by molar-refractivity contribution is 5.87. The monoisotopic (exact) mass is 323 g/mol. The maximum absolute atomic E-state index is 13.9. The van der Waals surface area contributed by atoms with Gasteiger partial charge in [0.25, 0.3) is 0 Å². The van der Waals surface area contributed by atoms with Crippen molar-refractivity contribution in [1.82, 2.24) is 14.8 Å². The molecular formula is C18H14FN3O2. The lowest BCUT2D eigenvalue weighted by molar-refractivity contribution is 0.393. The molecule has 24 heavy (non-hydrogen) atoms. The first-order chi connectivity index (χ1) is 11.6. The number of rotatable bonds is 3. The number of fused-ring (bicyclic) bond motifs is 1. The molecule has 5 nitrogen and oxygen atoms in total. The molecule has 1 aromatic carbocycles. The summed E-state index contributed by atoms with van der Waals surface area (Å²) in [5.74, 6) is 0.964. The SMILES string of the molecule is Cc1noc(C)c1-c1ccn2nccc(Oc3ccccc3F)c12. The Bertz CT molecular complexity index is 1020. The van der Waals surface area contributed by atoms with Gasteiger partial charge in [0.05, 0.1) is 11.9 Å². The molecule has 120 valence electrons. The van der Waals surface area contributed by atoms with Crippen molar-refractivity contribution in [1.29, 1.82) is 0 Å². The van der Waals surface area contributed by atoms with Gasteiger partial charge in [-0.25, -0.2) is 8.91 Å². The predicted octanol–water partition coefficient (Wildman–Crippen LogP) is 4.54. The quantitative estimate of drug-likeness (QED) is 0.555. The van der Waals surface area contributed by atoms with Gasteiger partial charge in [0.15, 0.2) is 17.3 Å². The second kappa shape index (κ2) is 5.49. The van der Waals surface area contributed by atoms with Gasteiger partial charge >= 0.3 is 0 Å². The summed E-state index contributed by atoms with van der Waals surface area (Å²) < 4.78 is 26.7. The number of hydrogen-bond acceptors (Lipinski definition) is 4. The maximum atomic E-state index is 13.9. The minimum Gasteiger partial charge on any atom is -0.452 e. The lowest BCUT2D eigenvalue weighted by Crippen LogP contribution is -1.95. The molecule has 3 heterocycles. The van der Waals surface area contributed by atoms with Crippen molar-refractivity contribution in [3.05, 3.63) is 66.1 Å². The molecule has 4 rings (SSSR count). The van der Waals surface area contributed by atoms with Crippen LogP contribution in [0.15, 0.2) is 53.3 Å². The van der Waals surface area contributed by atoms with Crippen LogP contribution in [0.1, 0.15) is 11.5 Å². The van der Waals surface area contributed by atoms with Gasteiger partial charge in [0, 0.05) is 23.4 Å². The van der Waals surface area contributed by atoms with Gasteiger partial charge in [-0.3, -0.25) is 0 Å². The number of halogens is 1. The third-order valence-electron chi connectivity index (χ3n) is 3.88. The topological polar surface area (TPSA) is 52.6 Å². The van der Waals surface area contributed by atoms with E-state index in [1.807, 2.05) is 26.1 Å². The molecular weight excluding hydrogens is 309 g/mol. The van der Waals surface area contributed by atoms with Crippen LogP contribution in [0.25, 0.3) is 16.6 Å². The number of ether oxygens (including phenoxy) is 1. The highest BCUT2D eigenvalue weighted by Crippen LogP contribution is 2.37. The molecule has 0 spiro atoms. The lowest BCUT2D eigenvalue weighted by Gasteiger charge is -2.09. The van der Waals surface area contributed by atoms with Crippen molar-refractivity contribution in [3.63, 3.8) is 0 Å². The minimum absolute atomic E-state index is 0.163. The van der Waals surface area contributed by atoms with Crippen molar-refractivity contribution in [2.45, 2.75) is 13.8 Å². The lowest BCUT2D eigenvalue weighted by atomic mass is 10.1. The average Bonchev–Trinajstić information content (AvgIpc) is 3.13. The van der Waals surface area contributed by atoms with Crippen molar-refractivity contribution in [2.75, 3.05) is 0 Å². The Morgan fingerprint density at radius 1 is 1.08 bits per heavy atom. The van der Waals surface area contributed by atoms with Crippen molar-refractivity contribution >= 4 is 5.52 Å². The van der Waals surface area contributed by atoms with Gasteiger partial charge in [-0.15, -0.1) is 0 Å². The fourth-order valence-electron chi connectivity index (χ4n) is 2.81. The molecule has 0 N–H and O–H groups in total. The number of nitrogens with zero attached hydrogens (tertiary/aromatic N) is 3. The summed E-state index contributed by atoms with van der Waals surface area (Å²) in [5.41, 5.74) is 3.28. The van der Waals surface area contributed by atoms with Crippen LogP contribution in [0, 0.1) is 19.7 Å². The summed E-state index contributed by atoms with van der Waals surface area (Å²) in [6, 6.07) is 9.93. The van der Waals surface area contributed by atoms with E-state index in [1.165, 1.54) is 6.07 Å². The van der Waals surface area contributed by atoms with E-state index < -0.39 is 5.82 Å². The van der Waals surface area contributed by atoms with Gasteiger partial charge in [-0.2, -0.15) is 5.10 Å². The summed E-state index contributed by atoms with van der Waals surface area (Å²) in [6.07, 6.45) is 3.44. The van der Waals surface area contributed by atoms with E-state index in [4.69, 9.17) is 9.26 Å². The Labute approximate surface area is 137 Å². The van der Waals surface area contributed by atoms with Crippen molar-refractivity contribution in [3.8, 4) is 22.6 Å². The number of aryl methyl sites for hydroxylation is 2. The van der Waals surface area contributed by atoms with Crippen LogP contribution < -0.4 is 4.74 Å². The summed E-state index contributed by atoms with van der Waals surface area (Å²) >= 11 is 0. The smallest absolute Gasteiger partial charge is 0.165 e. The van der Waals surface area contributed by atoms with Crippen LogP contribution in [0.3, 0.4) is 0 Å². The molecule has 0 unspecified atom stereocenters. The van der Waals surface area contributed by atoms with E-state index in [-0.39, 0.29) is 5.75 Å². The third kappa shape index (κ3) is 2.23. The Balaban J connectivity index is 1.91. The van der Waals surface area contributed by atoms with Gasteiger partial charge in [-0.05, 0) is 32.0 Å². The van der Waals surface area contributed by atoms with Crippen LogP contribution in [0.4, 0.5) is 4.39 Å². The zero-order valence-corrected chi connectivity index (χ0v) is 13.2. The average molecular weight is 323 g/mol. The zero-order valence-electron chi connectivity index (χ0n) is 13.2. The molecule has 0 amide bonds. The molecule has 0 saturated heterocycles. The van der Waals surface area contributed by atoms with E-state index >= 15 is 0 Å². The fraction of sp³-hybridized carbons (Fsp3) is 0.111. The number of aromatic nitrogens is 3. The van der Waals surface area contributed by atoms with Crippen LogP contribution >= 0.6 is 0 Å². The normalized spacial score (nSPS) is 11.1. The summed E-state index contributed by atoms with van der Waals surface area (Å²) in [4.78, 5) is 0. The molecule has 0 aliphatic carbocycles. The summed E-state index contributed by atoms with van der Waals surface area (Å²) in [7, 11) is 0. The maximum Gasteiger partial charge on any atom is 0.165 e. The van der Waals surface area contributed by atoms with Crippen LogP contribution in [-0.2, 0) is 0 Å². The van der Waals surface area contributed by atoms with Crippen molar-refractivity contribution in [2.24, 2.45) is 0 Å². The highest BCUT2D eigenvalue weighted by atomic mass is 19.1. The Kier molecular flexibility index (Phi) is 3.30. The summed E-state index contributed by atoms with van der Waals surface area (Å²) in [5, 5.41) is 8.29. The number of para-hydroxylation sites is 1. The summed E-state index contributed by atoms with van der Waals surface area (Å²) in [6.45, 7) is 3.73. The van der Waals surface area contributed by atoms with Gasteiger partial charge in [-0.1, -0.05) is 17.3 Å². The number of hydrogen-bond donors (Lipinski definition) is 0. The zero-order chi connectivity index (χ0) is 16.7. The molecule has 0 aliphatic rings. The van der Waals surface area contributed by atoms with E-state index in [9.17, 15) is 4.39 Å². The molecule has 4 aromatic rings. The highest BCUT2D eigenvalue weighted by Gasteiger charge is 2.19.